The molecule has 0 aliphatic rings. The van der Waals surface area contributed by atoms with Crippen LogP contribution in [0.25, 0.3) is 32.7 Å². The fraction of sp³-hybridized carbons (Fsp3) is 0.0909. The highest BCUT2D eigenvalue weighted by molar-refractivity contribution is 5.94. The van der Waals surface area contributed by atoms with Crippen molar-refractivity contribution in [2.75, 3.05) is 0 Å². The molecule has 22 heavy (non-hydrogen) atoms. The molecule has 0 atom stereocenters. The van der Waals surface area contributed by atoms with Crippen molar-refractivity contribution in [3.8, 4) is 11.1 Å². The summed E-state index contributed by atoms with van der Waals surface area (Å²) in [4.78, 5) is 0. The third-order valence-corrected chi connectivity index (χ3v) is 4.61. The predicted molar refractivity (Wildman–Crippen MR) is 96.4 cm³/mol. The van der Waals surface area contributed by atoms with Gasteiger partial charge in [0.15, 0.2) is 0 Å². The lowest BCUT2D eigenvalue weighted by molar-refractivity contribution is 1.50. The molecule has 4 aromatic rings. The Labute approximate surface area is 131 Å². The van der Waals surface area contributed by atoms with Crippen LogP contribution in [0.5, 0.6) is 0 Å². The van der Waals surface area contributed by atoms with E-state index in [1.165, 1.54) is 43.8 Å². The second-order valence-corrected chi connectivity index (χ2v) is 5.97. The Hall–Kier alpha value is -2.60. The van der Waals surface area contributed by atoms with E-state index in [0.717, 1.165) is 0 Å². The first-order chi connectivity index (χ1) is 10.7. The summed E-state index contributed by atoms with van der Waals surface area (Å²) >= 11 is 0. The second-order valence-electron chi connectivity index (χ2n) is 5.97. The Morgan fingerprint density at radius 2 is 1.32 bits per heavy atom. The molecule has 0 saturated heterocycles. The maximum atomic E-state index is 2.32. The summed E-state index contributed by atoms with van der Waals surface area (Å²) in [5, 5.41) is 5.29. The van der Waals surface area contributed by atoms with E-state index in [1.54, 1.807) is 0 Å². The maximum absolute atomic E-state index is 2.32. The lowest BCUT2D eigenvalue weighted by Gasteiger charge is -2.11. The molecule has 0 aliphatic carbocycles. The molecule has 0 aliphatic heterocycles. The van der Waals surface area contributed by atoms with Crippen LogP contribution < -0.4 is 0 Å². The van der Waals surface area contributed by atoms with Gasteiger partial charge in [0.05, 0.1) is 0 Å². The van der Waals surface area contributed by atoms with Crippen molar-refractivity contribution >= 4 is 21.5 Å². The molecule has 0 saturated carbocycles. The van der Waals surface area contributed by atoms with E-state index in [9.17, 15) is 0 Å². The standard InChI is InChI=1S/C22H18/c1-15-6-5-8-18-10-11-19(14-22(15)18)21-13-12-17-7-3-4-9-20(17)16(21)2/h3-14H,1-2H3. The number of rotatable bonds is 1. The minimum Gasteiger partial charge on any atom is -0.0616 e. The van der Waals surface area contributed by atoms with Gasteiger partial charge in [-0.15, -0.1) is 0 Å². The van der Waals surface area contributed by atoms with Gasteiger partial charge < -0.3 is 0 Å². The Balaban J connectivity index is 1.99. The van der Waals surface area contributed by atoms with Crippen molar-refractivity contribution in [3.63, 3.8) is 0 Å². The van der Waals surface area contributed by atoms with E-state index in [4.69, 9.17) is 0 Å². The zero-order valence-electron chi connectivity index (χ0n) is 12.9. The SMILES string of the molecule is Cc1cccc2ccc(-c3ccc4ccccc4c3C)cc12. The highest BCUT2D eigenvalue weighted by Gasteiger charge is 2.07. The van der Waals surface area contributed by atoms with Gasteiger partial charge in [0, 0.05) is 0 Å². The summed E-state index contributed by atoms with van der Waals surface area (Å²) in [5.74, 6) is 0. The van der Waals surface area contributed by atoms with E-state index in [1.807, 2.05) is 0 Å². The lowest BCUT2D eigenvalue weighted by Crippen LogP contribution is -1.87. The van der Waals surface area contributed by atoms with Gasteiger partial charge in [0.25, 0.3) is 0 Å². The zero-order valence-corrected chi connectivity index (χ0v) is 12.9. The molecular formula is C22H18. The van der Waals surface area contributed by atoms with Crippen molar-refractivity contribution < 1.29 is 0 Å². The van der Waals surface area contributed by atoms with Crippen molar-refractivity contribution in [1.29, 1.82) is 0 Å². The lowest BCUT2D eigenvalue weighted by atomic mass is 9.93. The number of fused-ring (bicyclic) bond motifs is 2. The number of hydrogen-bond donors (Lipinski definition) is 0. The average Bonchev–Trinajstić information content (AvgIpc) is 2.56. The average molecular weight is 282 g/mol. The topological polar surface area (TPSA) is 0 Å². The molecule has 0 fully saturated rings. The van der Waals surface area contributed by atoms with E-state index >= 15 is 0 Å². The molecule has 0 N–H and O–H groups in total. The first-order valence-corrected chi connectivity index (χ1v) is 7.72. The molecule has 0 unspecified atom stereocenters. The molecule has 4 aromatic carbocycles. The van der Waals surface area contributed by atoms with Crippen molar-refractivity contribution in [2.24, 2.45) is 0 Å². The number of aryl methyl sites for hydroxylation is 2. The largest absolute Gasteiger partial charge is 0.0616 e. The van der Waals surface area contributed by atoms with E-state index in [0.29, 0.717) is 0 Å². The van der Waals surface area contributed by atoms with Gasteiger partial charge in [-0.25, -0.2) is 0 Å². The normalized spacial score (nSPS) is 11.2. The van der Waals surface area contributed by atoms with Gasteiger partial charge in [0.2, 0.25) is 0 Å². The van der Waals surface area contributed by atoms with Crippen LogP contribution in [0, 0.1) is 13.8 Å². The summed E-state index contributed by atoms with van der Waals surface area (Å²) in [7, 11) is 0. The van der Waals surface area contributed by atoms with Crippen LogP contribution in [0.15, 0.2) is 72.8 Å². The molecule has 4 rings (SSSR count). The smallest absolute Gasteiger partial charge is 0.0148 e. The Kier molecular flexibility index (Phi) is 2.97. The predicted octanol–water partition coefficient (Wildman–Crippen LogP) is 6.28. The minimum absolute atomic E-state index is 1.30. The Morgan fingerprint density at radius 1 is 0.591 bits per heavy atom. The third kappa shape index (κ3) is 2.00. The molecule has 0 aromatic heterocycles. The third-order valence-electron chi connectivity index (χ3n) is 4.61. The van der Waals surface area contributed by atoms with Gasteiger partial charge in [-0.05, 0) is 63.7 Å². The highest BCUT2D eigenvalue weighted by Crippen LogP contribution is 2.32. The molecule has 0 amide bonds. The van der Waals surface area contributed by atoms with E-state index in [-0.39, 0.29) is 0 Å². The molecule has 0 heteroatoms. The van der Waals surface area contributed by atoms with Crippen molar-refractivity contribution in [2.45, 2.75) is 13.8 Å². The Morgan fingerprint density at radius 3 is 2.23 bits per heavy atom. The quantitative estimate of drug-likeness (QED) is 0.385. The summed E-state index contributed by atoms with van der Waals surface area (Å²) < 4.78 is 0. The molecule has 106 valence electrons. The van der Waals surface area contributed by atoms with Crippen molar-refractivity contribution in [1.82, 2.24) is 0 Å². The zero-order chi connectivity index (χ0) is 15.1. The molecule has 0 spiro atoms. The van der Waals surface area contributed by atoms with Gasteiger partial charge in [-0.2, -0.15) is 0 Å². The molecule has 0 bridgehead atoms. The van der Waals surface area contributed by atoms with Gasteiger partial charge in [-0.3, -0.25) is 0 Å². The first-order valence-electron chi connectivity index (χ1n) is 7.72. The number of hydrogen-bond acceptors (Lipinski definition) is 0. The molecule has 0 nitrogen and oxygen atoms in total. The first kappa shape index (κ1) is 13.1. The summed E-state index contributed by atoms with van der Waals surface area (Å²) in [6.45, 7) is 4.40. The highest BCUT2D eigenvalue weighted by atomic mass is 14.1. The van der Waals surface area contributed by atoms with Crippen LogP contribution >= 0.6 is 0 Å². The van der Waals surface area contributed by atoms with E-state index < -0.39 is 0 Å². The van der Waals surface area contributed by atoms with Crippen LogP contribution in [0.4, 0.5) is 0 Å². The minimum atomic E-state index is 1.30. The second kappa shape index (κ2) is 4.99. The summed E-state index contributed by atoms with van der Waals surface area (Å²) in [6, 6.07) is 26.3. The van der Waals surface area contributed by atoms with Gasteiger partial charge in [0.1, 0.15) is 0 Å². The van der Waals surface area contributed by atoms with Gasteiger partial charge in [-0.1, -0.05) is 66.7 Å². The Bertz CT molecular complexity index is 993. The molecular weight excluding hydrogens is 264 g/mol. The molecule has 0 heterocycles. The number of benzene rings is 4. The fourth-order valence-electron chi connectivity index (χ4n) is 3.34. The van der Waals surface area contributed by atoms with Crippen LogP contribution in [0.1, 0.15) is 11.1 Å². The summed E-state index contributed by atoms with van der Waals surface area (Å²) in [5.41, 5.74) is 5.30. The maximum Gasteiger partial charge on any atom is -0.0148 e. The van der Waals surface area contributed by atoms with Crippen molar-refractivity contribution in [3.05, 3.63) is 83.9 Å². The van der Waals surface area contributed by atoms with Crippen LogP contribution in [0.3, 0.4) is 0 Å². The van der Waals surface area contributed by atoms with E-state index in [2.05, 4.69) is 86.6 Å². The molecule has 0 radical (unpaired) electrons. The van der Waals surface area contributed by atoms with Gasteiger partial charge >= 0.3 is 0 Å². The summed E-state index contributed by atoms with van der Waals surface area (Å²) in [6.07, 6.45) is 0. The van der Waals surface area contributed by atoms with Crippen LogP contribution in [-0.4, -0.2) is 0 Å². The van der Waals surface area contributed by atoms with Crippen LogP contribution in [0.2, 0.25) is 0 Å². The monoisotopic (exact) mass is 282 g/mol. The van der Waals surface area contributed by atoms with Crippen LogP contribution in [-0.2, 0) is 0 Å². The fourth-order valence-corrected chi connectivity index (χ4v) is 3.34.